The van der Waals surface area contributed by atoms with E-state index >= 15 is 0 Å². The van der Waals surface area contributed by atoms with Gasteiger partial charge in [0.15, 0.2) is 0 Å². The zero-order chi connectivity index (χ0) is 19.5. The third kappa shape index (κ3) is 3.69. The minimum absolute atomic E-state index is 0.000341. The lowest BCUT2D eigenvalue weighted by atomic mass is 10.1. The lowest BCUT2D eigenvalue weighted by Gasteiger charge is -2.36. The molecule has 0 amide bonds. The average molecular weight is 386 g/mol. The third-order valence-corrected chi connectivity index (χ3v) is 5.39. The van der Waals surface area contributed by atoms with Gasteiger partial charge in [0.2, 0.25) is 11.6 Å². The molecule has 0 spiro atoms. The fraction of sp³-hybridized carbons (Fsp3) is 0.474. The van der Waals surface area contributed by atoms with E-state index in [1.54, 1.807) is 12.1 Å². The first kappa shape index (κ1) is 18.4. The molecule has 1 aromatic carbocycles. The lowest BCUT2D eigenvalue weighted by Crippen LogP contribution is -2.47. The van der Waals surface area contributed by atoms with Crippen LogP contribution >= 0.6 is 0 Å². The second-order valence-electron chi connectivity index (χ2n) is 7.12. The summed E-state index contributed by atoms with van der Waals surface area (Å²) >= 11 is 0. The smallest absolute Gasteiger partial charge is 0.353 e. The van der Waals surface area contributed by atoms with Crippen molar-refractivity contribution in [3.8, 4) is 0 Å². The molecule has 3 heterocycles. The number of benzene rings is 1. The molecule has 0 N–H and O–H groups in total. The topological polar surface area (TPSA) is 78.6 Å². The van der Waals surface area contributed by atoms with Gasteiger partial charge in [-0.15, -0.1) is 0 Å². The Morgan fingerprint density at radius 1 is 0.821 bits per heavy atom. The molecule has 0 unspecified atom stereocenters. The first-order chi connectivity index (χ1) is 13.6. The van der Waals surface area contributed by atoms with Gasteiger partial charge in [-0.05, 0) is 43.5 Å². The fourth-order valence-corrected chi connectivity index (χ4v) is 3.92. The molecule has 0 saturated carbocycles. The molecule has 0 atom stereocenters. The Balaban J connectivity index is 1.54. The maximum Gasteiger partial charge on any atom is 0.353 e. The summed E-state index contributed by atoms with van der Waals surface area (Å²) in [5, 5.41) is 11.9. The molecule has 28 heavy (non-hydrogen) atoms. The Kier molecular flexibility index (Phi) is 5.23. The van der Waals surface area contributed by atoms with Crippen molar-refractivity contribution in [1.82, 2.24) is 9.97 Å². The van der Waals surface area contributed by atoms with Gasteiger partial charge in [-0.1, -0.05) is 0 Å². The van der Waals surface area contributed by atoms with Gasteiger partial charge >= 0.3 is 5.69 Å². The molecule has 0 radical (unpaired) electrons. The van der Waals surface area contributed by atoms with Gasteiger partial charge in [0.25, 0.3) is 0 Å². The standard InChI is InChI=1S/C19H23FN6O2/c20-15-4-6-16(7-5-15)23-10-12-25(13-11-23)19-17(26(27)28)18(21-14-22-19)24-8-2-1-3-9-24/h4-7,14H,1-3,8-13H2. The summed E-state index contributed by atoms with van der Waals surface area (Å²) in [6.07, 6.45) is 4.62. The molecule has 2 saturated heterocycles. The molecule has 9 heteroatoms. The third-order valence-electron chi connectivity index (χ3n) is 5.39. The number of nitrogens with zero attached hydrogens (tertiary/aromatic N) is 6. The minimum Gasteiger partial charge on any atom is -0.368 e. The number of anilines is 3. The summed E-state index contributed by atoms with van der Waals surface area (Å²) < 4.78 is 13.1. The summed E-state index contributed by atoms with van der Waals surface area (Å²) in [7, 11) is 0. The number of piperidine rings is 1. The maximum atomic E-state index is 13.1. The molecule has 0 bridgehead atoms. The van der Waals surface area contributed by atoms with Crippen LogP contribution in [0.4, 0.5) is 27.4 Å². The van der Waals surface area contributed by atoms with E-state index in [1.165, 1.54) is 18.5 Å². The highest BCUT2D eigenvalue weighted by Gasteiger charge is 2.32. The second kappa shape index (κ2) is 7.95. The van der Waals surface area contributed by atoms with Crippen molar-refractivity contribution >= 4 is 23.0 Å². The lowest BCUT2D eigenvalue weighted by molar-refractivity contribution is -0.383. The number of nitro groups is 1. The Hall–Kier alpha value is -2.97. The highest BCUT2D eigenvalue weighted by atomic mass is 19.1. The zero-order valence-electron chi connectivity index (χ0n) is 15.6. The average Bonchev–Trinajstić information content (AvgIpc) is 2.74. The number of halogens is 1. The summed E-state index contributed by atoms with van der Waals surface area (Å²) in [5.41, 5.74) is 0.951. The fourth-order valence-electron chi connectivity index (χ4n) is 3.92. The molecule has 2 aliphatic heterocycles. The Bertz CT molecular complexity index is 833. The van der Waals surface area contributed by atoms with Crippen LogP contribution in [0.25, 0.3) is 0 Å². The van der Waals surface area contributed by atoms with Crippen LogP contribution in [0.3, 0.4) is 0 Å². The van der Waals surface area contributed by atoms with Gasteiger partial charge in [0, 0.05) is 45.0 Å². The first-order valence-corrected chi connectivity index (χ1v) is 9.63. The van der Waals surface area contributed by atoms with Gasteiger partial charge in [-0.25, -0.2) is 14.4 Å². The van der Waals surface area contributed by atoms with Crippen LogP contribution in [0.2, 0.25) is 0 Å². The van der Waals surface area contributed by atoms with Crippen LogP contribution in [0.1, 0.15) is 19.3 Å². The monoisotopic (exact) mass is 386 g/mol. The van der Waals surface area contributed by atoms with E-state index in [2.05, 4.69) is 14.9 Å². The van der Waals surface area contributed by atoms with Crippen molar-refractivity contribution in [1.29, 1.82) is 0 Å². The number of hydrogen-bond donors (Lipinski definition) is 0. The second-order valence-corrected chi connectivity index (χ2v) is 7.12. The SMILES string of the molecule is O=[N+]([O-])c1c(N2CCCCC2)ncnc1N1CCN(c2ccc(F)cc2)CC1. The van der Waals surface area contributed by atoms with Gasteiger partial charge in [0.1, 0.15) is 12.1 Å². The first-order valence-electron chi connectivity index (χ1n) is 9.63. The molecule has 4 rings (SSSR count). The Labute approximate surface area is 162 Å². The van der Waals surface area contributed by atoms with E-state index in [0.29, 0.717) is 37.8 Å². The number of hydrogen-bond acceptors (Lipinski definition) is 7. The van der Waals surface area contributed by atoms with Gasteiger partial charge < -0.3 is 14.7 Å². The Morgan fingerprint density at radius 2 is 1.36 bits per heavy atom. The van der Waals surface area contributed by atoms with Crippen molar-refractivity contribution < 1.29 is 9.31 Å². The van der Waals surface area contributed by atoms with E-state index in [0.717, 1.165) is 38.0 Å². The van der Waals surface area contributed by atoms with Gasteiger partial charge in [-0.3, -0.25) is 10.1 Å². The molecule has 2 aromatic rings. The van der Waals surface area contributed by atoms with Crippen LogP contribution in [-0.2, 0) is 0 Å². The number of piperazine rings is 1. The van der Waals surface area contributed by atoms with Crippen LogP contribution in [0, 0.1) is 15.9 Å². The predicted octanol–water partition coefficient (Wildman–Crippen LogP) is 2.84. The molecular weight excluding hydrogens is 363 g/mol. The van der Waals surface area contributed by atoms with E-state index in [9.17, 15) is 14.5 Å². The molecule has 0 aliphatic carbocycles. The highest BCUT2D eigenvalue weighted by Crippen LogP contribution is 2.35. The quantitative estimate of drug-likeness (QED) is 0.590. The molecule has 1 aromatic heterocycles. The van der Waals surface area contributed by atoms with Gasteiger partial charge in [-0.2, -0.15) is 0 Å². The predicted molar refractivity (Wildman–Crippen MR) is 106 cm³/mol. The van der Waals surface area contributed by atoms with E-state index < -0.39 is 0 Å². The van der Waals surface area contributed by atoms with Crippen LogP contribution in [0.15, 0.2) is 30.6 Å². The number of rotatable bonds is 4. The van der Waals surface area contributed by atoms with Crippen LogP contribution in [-0.4, -0.2) is 54.2 Å². The van der Waals surface area contributed by atoms with Crippen molar-refractivity contribution in [3.05, 3.63) is 46.5 Å². The summed E-state index contributed by atoms with van der Waals surface area (Å²) in [6.45, 7) is 4.16. The number of aromatic nitrogens is 2. The summed E-state index contributed by atoms with van der Waals surface area (Å²) in [5.74, 6) is 0.555. The van der Waals surface area contributed by atoms with Crippen molar-refractivity contribution in [2.75, 3.05) is 54.0 Å². The van der Waals surface area contributed by atoms with Crippen molar-refractivity contribution in [3.63, 3.8) is 0 Å². The maximum absolute atomic E-state index is 13.1. The van der Waals surface area contributed by atoms with Gasteiger partial charge in [0.05, 0.1) is 4.92 Å². The van der Waals surface area contributed by atoms with Crippen LogP contribution < -0.4 is 14.7 Å². The highest BCUT2D eigenvalue weighted by molar-refractivity contribution is 5.71. The van der Waals surface area contributed by atoms with Crippen LogP contribution in [0.5, 0.6) is 0 Å². The molecule has 8 nitrogen and oxygen atoms in total. The molecular formula is C19H23FN6O2. The Morgan fingerprint density at radius 3 is 1.93 bits per heavy atom. The molecule has 2 aliphatic rings. The minimum atomic E-state index is -0.356. The van der Waals surface area contributed by atoms with E-state index in [1.807, 2.05) is 9.80 Å². The molecule has 2 fully saturated rings. The molecule has 148 valence electrons. The summed E-state index contributed by atoms with van der Waals surface area (Å²) in [4.78, 5) is 26.1. The largest absolute Gasteiger partial charge is 0.368 e. The summed E-state index contributed by atoms with van der Waals surface area (Å²) in [6, 6.07) is 6.41. The zero-order valence-corrected chi connectivity index (χ0v) is 15.6. The van der Waals surface area contributed by atoms with E-state index in [4.69, 9.17) is 0 Å². The van der Waals surface area contributed by atoms with Crippen molar-refractivity contribution in [2.24, 2.45) is 0 Å². The van der Waals surface area contributed by atoms with Crippen molar-refractivity contribution in [2.45, 2.75) is 19.3 Å². The van der Waals surface area contributed by atoms with E-state index in [-0.39, 0.29) is 16.4 Å². The normalized spacial score (nSPS) is 17.7.